The second-order valence-electron chi connectivity index (χ2n) is 6.75. The molecule has 18 heavy (non-hydrogen) atoms. The molecular formula is C16H32N2. The molecule has 2 heteroatoms. The van der Waals surface area contributed by atoms with E-state index in [0.717, 1.165) is 30.3 Å². The molecule has 2 fully saturated rings. The fraction of sp³-hybridized carbons (Fsp3) is 1.00. The summed E-state index contributed by atoms with van der Waals surface area (Å²) < 4.78 is 0. The highest BCUT2D eigenvalue weighted by Gasteiger charge is 2.34. The lowest BCUT2D eigenvalue weighted by Crippen LogP contribution is -2.49. The Kier molecular flexibility index (Phi) is 5.50. The van der Waals surface area contributed by atoms with E-state index in [-0.39, 0.29) is 0 Å². The van der Waals surface area contributed by atoms with Crippen molar-refractivity contribution < 1.29 is 0 Å². The maximum Gasteiger partial charge on any atom is 0.0138 e. The predicted molar refractivity (Wildman–Crippen MR) is 78.6 cm³/mol. The first kappa shape index (κ1) is 14.3. The largest absolute Gasteiger partial charge is 0.330 e. The Bertz CT molecular complexity index is 233. The zero-order chi connectivity index (χ0) is 13.0. The zero-order valence-electron chi connectivity index (χ0n) is 12.4. The fourth-order valence-electron chi connectivity index (χ4n) is 4.05. The second-order valence-corrected chi connectivity index (χ2v) is 6.75. The molecule has 2 rings (SSSR count). The minimum absolute atomic E-state index is 0.770. The molecule has 0 aromatic carbocycles. The van der Waals surface area contributed by atoms with Crippen molar-refractivity contribution in [2.24, 2.45) is 23.5 Å². The van der Waals surface area contributed by atoms with Gasteiger partial charge >= 0.3 is 0 Å². The molecule has 1 saturated carbocycles. The van der Waals surface area contributed by atoms with E-state index in [2.05, 4.69) is 18.7 Å². The third-order valence-corrected chi connectivity index (χ3v) is 5.35. The van der Waals surface area contributed by atoms with Gasteiger partial charge in [-0.2, -0.15) is 0 Å². The molecule has 2 aliphatic rings. The first-order chi connectivity index (χ1) is 8.74. The lowest BCUT2D eigenvalue weighted by molar-refractivity contribution is 0.0531. The van der Waals surface area contributed by atoms with Crippen molar-refractivity contribution in [3.63, 3.8) is 0 Å². The Labute approximate surface area is 113 Å². The molecule has 3 unspecified atom stereocenters. The van der Waals surface area contributed by atoms with Gasteiger partial charge in [0.25, 0.3) is 0 Å². The van der Waals surface area contributed by atoms with Crippen molar-refractivity contribution in [3.8, 4) is 0 Å². The van der Waals surface area contributed by atoms with E-state index in [4.69, 9.17) is 5.73 Å². The van der Waals surface area contributed by atoms with Crippen LogP contribution in [0.1, 0.15) is 58.8 Å². The highest BCUT2D eigenvalue weighted by Crippen LogP contribution is 2.35. The van der Waals surface area contributed by atoms with Crippen molar-refractivity contribution in [1.82, 2.24) is 4.90 Å². The van der Waals surface area contributed by atoms with Gasteiger partial charge in [-0.3, -0.25) is 0 Å². The van der Waals surface area contributed by atoms with E-state index in [1.807, 2.05) is 0 Å². The Balaban J connectivity index is 1.93. The van der Waals surface area contributed by atoms with Crippen LogP contribution < -0.4 is 5.73 Å². The summed E-state index contributed by atoms with van der Waals surface area (Å²) in [5.74, 6) is 2.68. The summed E-state index contributed by atoms with van der Waals surface area (Å²) in [6.07, 6.45) is 9.79. The first-order valence-corrected chi connectivity index (χ1v) is 8.18. The highest BCUT2D eigenvalue weighted by molar-refractivity contribution is 4.89. The Hall–Kier alpha value is -0.0800. The van der Waals surface area contributed by atoms with E-state index < -0.39 is 0 Å². The van der Waals surface area contributed by atoms with Gasteiger partial charge in [0, 0.05) is 6.04 Å². The van der Waals surface area contributed by atoms with Crippen LogP contribution in [0.15, 0.2) is 0 Å². The lowest BCUT2D eigenvalue weighted by Gasteiger charge is -2.45. The number of hydrogen-bond donors (Lipinski definition) is 1. The summed E-state index contributed by atoms with van der Waals surface area (Å²) in [6.45, 7) is 8.27. The number of hydrogen-bond acceptors (Lipinski definition) is 2. The SMILES string of the molecule is CCCC1CCC(CN)C(N2CCC(C)CC2)C1. The van der Waals surface area contributed by atoms with E-state index in [1.165, 1.54) is 58.0 Å². The van der Waals surface area contributed by atoms with Crippen LogP contribution in [0.5, 0.6) is 0 Å². The number of nitrogens with two attached hydrogens (primary N) is 1. The average molecular weight is 252 g/mol. The molecule has 1 aliphatic heterocycles. The molecule has 0 aromatic rings. The van der Waals surface area contributed by atoms with Crippen LogP contribution in [0.3, 0.4) is 0 Å². The van der Waals surface area contributed by atoms with Crippen molar-refractivity contribution >= 4 is 0 Å². The molecule has 1 heterocycles. The molecule has 2 N–H and O–H groups in total. The Morgan fingerprint density at radius 3 is 2.44 bits per heavy atom. The summed E-state index contributed by atoms with van der Waals surface area (Å²) in [7, 11) is 0. The fourth-order valence-corrected chi connectivity index (χ4v) is 4.05. The van der Waals surface area contributed by atoms with E-state index in [9.17, 15) is 0 Å². The minimum Gasteiger partial charge on any atom is -0.330 e. The number of piperidine rings is 1. The molecule has 3 atom stereocenters. The predicted octanol–water partition coefficient (Wildman–Crippen LogP) is 3.26. The molecular weight excluding hydrogens is 220 g/mol. The first-order valence-electron chi connectivity index (χ1n) is 8.18. The standard InChI is InChI=1S/C16H32N2/c1-3-4-14-5-6-15(12-17)16(11-14)18-9-7-13(2)8-10-18/h13-16H,3-12,17H2,1-2H3. The number of likely N-dealkylation sites (tertiary alicyclic amines) is 1. The van der Waals surface area contributed by atoms with Gasteiger partial charge in [-0.15, -0.1) is 0 Å². The Morgan fingerprint density at radius 1 is 1.11 bits per heavy atom. The van der Waals surface area contributed by atoms with Crippen LogP contribution in [0.4, 0.5) is 0 Å². The Morgan fingerprint density at radius 2 is 1.83 bits per heavy atom. The quantitative estimate of drug-likeness (QED) is 0.832. The van der Waals surface area contributed by atoms with Crippen LogP contribution in [0.2, 0.25) is 0 Å². The molecule has 0 radical (unpaired) electrons. The minimum atomic E-state index is 0.770. The molecule has 0 amide bonds. The molecule has 0 spiro atoms. The van der Waals surface area contributed by atoms with Crippen molar-refractivity contribution in [2.75, 3.05) is 19.6 Å². The van der Waals surface area contributed by atoms with Gasteiger partial charge in [0.15, 0.2) is 0 Å². The lowest BCUT2D eigenvalue weighted by atomic mass is 9.75. The molecule has 2 nitrogen and oxygen atoms in total. The molecule has 0 bridgehead atoms. The maximum absolute atomic E-state index is 6.02. The highest BCUT2D eigenvalue weighted by atomic mass is 15.2. The summed E-state index contributed by atoms with van der Waals surface area (Å²) in [5.41, 5.74) is 6.02. The van der Waals surface area contributed by atoms with Gasteiger partial charge in [0.1, 0.15) is 0 Å². The molecule has 106 valence electrons. The van der Waals surface area contributed by atoms with Gasteiger partial charge < -0.3 is 10.6 Å². The van der Waals surface area contributed by atoms with Gasteiger partial charge in [-0.05, 0) is 63.1 Å². The van der Waals surface area contributed by atoms with Gasteiger partial charge in [-0.1, -0.05) is 33.1 Å². The summed E-state index contributed by atoms with van der Waals surface area (Å²) >= 11 is 0. The van der Waals surface area contributed by atoms with Crippen LogP contribution in [-0.2, 0) is 0 Å². The summed E-state index contributed by atoms with van der Waals surface area (Å²) in [6, 6.07) is 0.799. The molecule has 1 aliphatic carbocycles. The summed E-state index contributed by atoms with van der Waals surface area (Å²) in [4.78, 5) is 2.78. The summed E-state index contributed by atoms with van der Waals surface area (Å²) in [5, 5.41) is 0. The molecule has 0 aromatic heterocycles. The van der Waals surface area contributed by atoms with Gasteiger partial charge in [0.2, 0.25) is 0 Å². The third kappa shape index (κ3) is 3.48. The van der Waals surface area contributed by atoms with E-state index in [1.54, 1.807) is 0 Å². The van der Waals surface area contributed by atoms with E-state index >= 15 is 0 Å². The second kappa shape index (κ2) is 6.91. The molecule has 1 saturated heterocycles. The van der Waals surface area contributed by atoms with Crippen molar-refractivity contribution in [2.45, 2.75) is 64.8 Å². The zero-order valence-corrected chi connectivity index (χ0v) is 12.4. The van der Waals surface area contributed by atoms with Crippen LogP contribution in [0.25, 0.3) is 0 Å². The van der Waals surface area contributed by atoms with Crippen molar-refractivity contribution in [3.05, 3.63) is 0 Å². The van der Waals surface area contributed by atoms with Crippen LogP contribution in [-0.4, -0.2) is 30.6 Å². The van der Waals surface area contributed by atoms with Crippen molar-refractivity contribution in [1.29, 1.82) is 0 Å². The van der Waals surface area contributed by atoms with E-state index in [0.29, 0.717) is 0 Å². The van der Waals surface area contributed by atoms with Gasteiger partial charge in [0.05, 0.1) is 0 Å². The smallest absolute Gasteiger partial charge is 0.0138 e. The third-order valence-electron chi connectivity index (χ3n) is 5.35. The monoisotopic (exact) mass is 252 g/mol. The normalized spacial score (nSPS) is 35.8. The number of nitrogens with zero attached hydrogens (tertiary/aromatic N) is 1. The van der Waals surface area contributed by atoms with Gasteiger partial charge in [-0.25, -0.2) is 0 Å². The average Bonchev–Trinajstić information content (AvgIpc) is 2.40. The van der Waals surface area contributed by atoms with Crippen LogP contribution in [0, 0.1) is 17.8 Å². The number of rotatable bonds is 4. The topological polar surface area (TPSA) is 29.3 Å². The van der Waals surface area contributed by atoms with Crippen LogP contribution >= 0.6 is 0 Å². The maximum atomic E-state index is 6.02.